The molecule has 0 saturated heterocycles. The molecule has 0 radical (unpaired) electrons. The summed E-state index contributed by atoms with van der Waals surface area (Å²) < 4.78 is 0. The Bertz CT molecular complexity index is 724. The second-order valence-electron chi connectivity index (χ2n) is 3.77. The first-order valence-corrected chi connectivity index (χ1v) is 5.29. The van der Waals surface area contributed by atoms with Crippen molar-refractivity contribution in [1.29, 1.82) is 0 Å². The summed E-state index contributed by atoms with van der Waals surface area (Å²) in [6.07, 6.45) is 0.801. The Kier molecular flexibility index (Phi) is 1.83. The van der Waals surface area contributed by atoms with Gasteiger partial charge < -0.3 is 4.98 Å². The summed E-state index contributed by atoms with van der Waals surface area (Å²) in [7, 11) is 0. The highest BCUT2D eigenvalue weighted by molar-refractivity contribution is 6.07. The van der Waals surface area contributed by atoms with Crippen molar-refractivity contribution >= 4 is 21.8 Å². The molecular weight excluding hydrogens is 202 g/mol. The van der Waals surface area contributed by atoms with E-state index in [1.54, 1.807) is 0 Å². The monoisotopic (exact) mass is 213 g/mol. The molecule has 4 heteroatoms. The zero-order valence-corrected chi connectivity index (χ0v) is 8.87. The number of nitrogens with one attached hydrogen (secondary N) is 2. The summed E-state index contributed by atoms with van der Waals surface area (Å²) >= 11 is 0. The summed E-state index contributed by atoms with van der Waals surface area (Å²) in [6, 6.07) is 7.89. The Labute approximate surface area is 91.3 Å². The first kappa shape index (κ1) is 9.15. The number of hydrogen-bond donors (Lipinski definition) is 2. The van der Waals surface area contributed by atoms with E-state index in [2.05, 4.69) is 15.2 Å². The molecule has 80 valence electrons. The quantitative estimate of drug-likeness (QED) is 0.649. The number of nitrogens with zero attached hydrogens (tertiary/aromatic N) is 1. The van der Waals surface area contributed by atoms with Crippen LogP contribution in [0.3, 0.4) is 0 Å². The predicted octanol–water partition coefficient (Wildman–Crippen LogP) is 1.97. The second-order valence-corrected chi connectivity index (χ2v) is 3.77. The van der Waals surface area contributed by atoms with Gasteiger partial charge >= 0.3 is 0 Å². The van der Waals surface area contributed by atoms with Crippen LogP contribution in [-0.2, 0) is 6.42 Å². The van der Waals surface area contributed by atoms with Gasteiger partial charge in [0, 0.05) is 16.3 Å². The lowest BCUT2D eigenvalue weighted by molar-refractivity contribution is 0.918. The minimum atomic E-state index is -0.164. The molecule has 0 aliphatic rings. The molecule has 0 unspecified atom stereocenters. The SMILES string of the molecule is CCc1n[nH]c(=O)c2[nH]c3ccccc3c12. The first-order chi connectivity index (χ1) is 7.81. The number of fused-ring (bicyclic) bond motifs is 3. The van der Waals surface area contributed by atoms with E-state index in [0.717, 1.165) is 28.4 Å². The normalized spacial score (nSPS) is 11.3. The van der Waals surface area contributed by atoms with Crippen molar-refractivity contribution < 1.29 is 0 Å². The third-order valence-corrected chi connectivity index (χ3v) is 2.85. The molecule has 2 heterocycles. The standard InChI is InChI=1S/C12H11N3O/c1-2-8-10-7-5-3-4-6-9(7)13-11(10)12(16)15-14-8/h3-6,13H,2H2,1H3,(H,15,16). The van der Waals surface area contributed by atoms with Crippen LogP contribution in [0.25, 0.3) is 21.8 Å². The summed E-state index contributed by atoms with van der Waals surface area (Å²) in [6.45, 7) is 2.03. The number of hydrogen-bond acceptors (Lipinski definition) is 2. The topological polar surface area (TPSA) is 61.5 Å². The molecule has 0 aliphatic heterocycles. The highest BCUT2D eigenvalue weighted by atomic mass is 16.1. The minimum Gasteiger partial charge on any atom is -0.350 e. The van der Waals surface area contributed by atoms with E-state index in [1.807, 2.05) is 31.2 Å². The number of rotatable bonds is 1. The van der Waals surface area contributed by atoms with E-state index in [-0.39, 0.29) is 5.56 Å². The van der Waals surface area contributed by atoms with Gasteiger partial charge in [-0.3, -0.25) is 4.79 Å². The fraction of sp³-hybridized carbons (Fsp3) is 0.167. The molecule has 1 aromatic carbocycles. The summed E-state index contributed by atoms with van der Waals surface area (Å²) in [5, 5.41) is 8.62. The van der Waals surface area contributed by atoms with E-state index >= 15 is 0 Å². The van der Waals surface area contributed by atoms with Gasteiger partial charge in [0.25, 0.3) is 5.56 Å². The number of aromatic amines is 2. The molecule has 0 spiro atoms. The van der Waals surface area contributed by atoms with Gasteiger partial charge in [0.15, 0.2) is 0 Å². The van der Waals surface area contributed by atoms with Crippen molar-refractivity contribution in [1.82, 2.24) is 15.2 Å². The summed E-state index contributed by atoms with van der Waals surface area (Å²) in [4.78, 5) is 14.8. The van der Waals surface area contributed by atoms with Crippen molar-refractivity contribution in [3.63, 3.8) is 0 Å². The molecular formula is C12H11N3O. The van der Waals surface area contributed by atoms with Crippen molar-refractivity contribution in [3.05, 3.63) is 40.3 Å². The van der Waals surface area contributed by atoms with Crippen LogP contribution in [0.15, 0.2) is 29.1 Å². The van der Waals surface area contributed by atoms with E-state index in [4.69, 9.17) is 0 Å². The molecule has 2 aromatic heterocycles. The molecule has 4 nitrogen and oxygen atoms in total. The summed E-state index contributed by atoms with van der Waals surface area (Å²) in [5.41, 5.74) is 2.36. The molecule has 0 aliphatic carbocycles. The maximum Gasteiger partial charge on any atom is 0.288 e. The van der Waals surface area contributed by atoms with E-state index in [0.29, 0.717) is 5.52 Å². The van der Waals surface area contributed by atoms with Crippen LogP contribution in [0.2, 0.25) is 0 Å². The third-order valence-electron chi connectivity index (χ3n) is 2.85. The van der Waals surface area contributed by atoms with Gasteiger partial charge in [-0.05, 0) is 12.5 Å². The highest BCUT2D eigenvalue weighted by Gasteiger charge is 2.11. The van der Waals surface area contributed by atoms with E-state index < -0.39 is 0 Å². The number of aryl methyl sites for hydroxylation is 1. The van der Waals surface area contributed by atoms with Crippen LogP contribution in [0.5, 0.6) is 0 Å². The fourth-order valence-corrected chi connectivity index (χ4v) is 2.10. The molecule has 0 bridgehead atoms. The zero-order chi connectivity index (χ0) is 11.1. The van der Waals surface area contributed by atoms with Crippen molar-refractivity contribution in [2.75, 3.05) is 0 Å². The van der Waals surface area contributed by atoms with Crippen LogP contribution in [0.4, 0.5) is 0 Å². The van der Waals surface area contributed by atoms with Crippen LogP contribution in [0.1, 0.15) is 12.6 Å². The van der Waals surface area contributed by atoms with Gasteiger partial charge in [0.2, 0.25) is 0 Å². The number of H-pyrrole nitrogens is 2. The largest absolute Gasteiger partial charge is 0.350 e. The minimum absolute atomic E-state index is 0.164. The van der Waals surface area contributed by atoms with Crippen molar-refractivity contribution in [2.45, 2.75) is 13.3 Å². The lowest BCUT2D eigenvalue weighted by atomic mass is 10.1. The lowest BCUT2D eigenvalue weighted by Crippen LogP contribution is -2.10. The third kappa shape index (κ3) is 1.10. The van der Waals surface area contributed by atoms with Gasteiger partial charge in [0.05, 0.1) is 5.69 Å². The van der Waals surface area contributed by atoms with Crippen molar-refractivity contribution in [3.8, 4) is 0 Å². The predicted molar refractivity (Wildman–Crippen MR) is 63.6 cm³/mol. The van der Waals surface area contributed by atoms with E-state index in [1.165, 1.54) is 0 Å². The average molecular weight is 213 g/mol. The van der Waals surface area contributed by atoms with Crippen LogP contribution >= 0.6 is 0 Å². The number of para-hydroxylation sites is 1. The van der Waals surface area contributed by atoms with Crippen LogP contribution in [0, 0.1) is 0 Å². The smallest absolute Gasteiger partial charge is 0.288 e. The number of benzene rings is 1. The Morgan fingerprint density at radius 2 is 2.12 bits per heavy atom. The van der Waals surface area contributed by atoms with Gasteiger partial charge in [-0.1, -0.05) is 25.1 Å². The molecule has 0 atom stereocenters. The maximum absolute atomic E-state index is 11.7. The molecule has 0 saturated carbocycles. The Morgan fingerprint density at radius 3 is 2.94 bits per heavy atom. The Morgan fingerprint density at radius 1 is 1.31 bits per heavy atom. The second kappa shape index (κ2) is 3.20. The summed E-state index contributed by atoms with van der Waals surface area (Å²) in [5.74, 6) is 0. The Balaban J connectivity index is 2.64. The fourth-order valence-electron chi connectivity index (χ4n) is 2.10. The molecule has 0 amide bonds. The highest BCUT2D eigenvalue weighted by Crippen LogP contribution is 2.24. The van der Waals surface area contributed by atoms with E-state index in [9.17, 15) is 4.79 Å². The molecule has 3 aromatic rings. The molecule has 16 heavy (non-hydrogen) atoms. The van der Waals surface area contributed by atoms with Gasteiger partial charge in [-0.15, -0.1) is 0 Å². The zero-order valence-electron chi connectivity index (χ0n) is 8.87. The molecule has 3 rings (SSSR count). The molecule has 0 fully saturated rings. The number of aromatic nitrogens is 3. The van der Waals surface area contributed by atoms with Gasteiger partial charge in [-0.25, -0.2) is 5.10 Å². The van der Waals surface area contributed by atoms with Crippen molar-refractivity contribution in [2.24, 2.45) is 0 Å². The maximum atomic E-state index is 11.7. The van der Waals surface area contributed by atoms with Gasteiger partial charge in [-0.2, -0.15) is 5.10 Å². The van der Waals surface area contributed by atoms with Crippen LogP contribution < -0.4 is 5.56 Å². The Hall–Kier alpha value is -2.10. The lowest BCUT2D eigenvalue weighted by Gasteiger charge is -1.97. The first-order valence-electron chi connectivity index (χ1n) is 5.29. The average Bonchev–Trinajstić information content (AvgIpc) is 2.70. The van der Waals surface area contributed by atoms with Gasteiger partial charge in [0.1, 0.15) is 5.52 Å². The molecule has 2 N–H and O–H groups in total. The van der Waals surface area contributed by atoms with Crippen LogP contribution in [-0.4, -0.2) is 15.2 Å².